The fourth-order valence-electron chi connectivity index (χ4n) is 2.56. The third kappa shape index (κ3) is 3.36. The van der Waals surface area contributed by atoms with E-state index in [2.05, 4.69) is 31.1 Å². The Morgan fingerprint density at radius 3 is 2.84 bits per heavy atom. The van der Waals surface area contributed by atoms with Gasteiger partial charge in [0.1, 0.15) is 5.76 Å². The molecule has 3 N–H and O–H groups in total. The van der Waals surface area contributed by atoms with Crippen LogP contribution in [0.15, 0.2) is 16.5 Å². The molecule has 1 unspecified atom stereocenters. The number of hydrogen-bond donors (Lipinski definition) is 2. The molecule has 5 nitrogen and oxygen atoms in total. The van der Waals surface area contributed by atoms with Gasteiger partial charge in [-0.25, -0.2) is 5.84 Å². The molecule has 0 saturated carbocycles. The summed E-state index contributed by atoms with van der Waals surface area (Å²) in [6.45, 7) is 9.79. The van der Waals surface area contributed by atoms with Crippen LogP contribution in [0.1, 0.15) is 43.5 Å². The van der Waals surface area contributed by atoms with Gasteiger partial charge in [0, 0.05) is 6.54 Å². The SMILES string of the molecule is CC(C)(C)C1CCN(Cc2ccc(C(=O)NN)o2)C1. The van der Waals surface area contributed by atoms with Gasteiger partial charge in [0.05, 0.1) is 6.54 Å². The number of nitrogens with zero attached hydrogens (tertiary/aromatic N) is 1. The number of rotatable bonds is 3. The molecule has 1 aliphatic heterocycles. The predicted molar refractivity (Wildman–Crippen MR) is 73.2 cm³/mol. The lowest BCUT2D eigenvalue weighted by molar-refractivity contribution is 0.0922. The van der Waals surface area contributed by atoms with Crippen molar-refractivity contribution in [3.8, 4) is 0 Å². The van der Waals surface area contributed by atoms with Crippen LogP contribution < -0.4 is 11.3 Å². The highest BCUT2D eigenvalue weighted by Gasteiger charge is 2.31. The maximum Gasteiger partial charge on any atom is 0.300 e. The van der Waals surface area contributed by atoms with E-state index < -0.39 is 0 Å². The summed E-state index contributed by atoms with van der Waals surface area (Å²) >= 11 is 0. The minimum atomic E-state index is -0.389. The largest absolute Gasteiger partial charge is 0.455 e. The zero-order valence-corrected chi connectivity index (χ0v) is 11.9. The van der Waals surface area contributed by atoms with Crippen molar-refractivity contribution in [3.63, 3.8) is 0 Å². The zero-order valence-electron chi connectivity index (χ0n) is 11.9. The van der Waals surface area contributed by atoms with Gasteiger partial charge in [-0.1, -0.05) is 20.8 Å². The summed E-state index contributed by atoms with van der Waals surface area (Å²) in [7, 11) is 0. The lowest BCUT2D eigenvalue weighted by Crippen LogP contribution is -2.29. The standard InChI is InChI=1S/C14H23N3O2/c1-14(2,3)10-6-7-17(8-10)9-11-4-5-12(19-11)13(18)16-15/h4-5,10H,6-9,15H2,1-3H3,(H,16,18). The third-order valence-electron chi connectivity index (χ3n) is 3.89. The average molecular weight is 265 g/mol. The van der Waals surface area contributed by atoms with E-state index in [9.17, 15) is 4.79 Å². The lowest BCUT2D eigenvalue weighted by atomic mass is 9.80. The van der Waals surface area contributed by atoms with Crippen molar-refractivity contribution in [2.75, 3.05) is 13.1 Å². The van der Waals surface area contributed by atoms with E-state index in [1.165, 1.54) is 6.42 Å². The van der Waals surface area contributed by atoms with E-state index in [1.807, 2.05) is 6.07 Å². The minimum Gasteiger partial charge on any atom is -0.455 e. The fraction of sp³-hybridized carbons (Fsp3) is 0.643. The number of nitrogens with one attached hydrogen (secondary N) is 1. The van der Waals surface area contributed by atoms with Gasteiger partial charge in [0.2, 0.25) is 0 Å². The fourth-order valence-corrected chi connectivity index (χ4v) is 2.56. The summed E-state index contributed by atoms with van der Waals surface area (Å²) in [5.41, 5.74) is 2.42. The van der Waals surface area contributed by atoms with Crippen molar-refractivity contribution in [1.29, 1.82) is 0 Å². The van der Waals surface area contributed by atoms with Gasteiger partial charge in [-0.05, 0) is 36.4 Å². The van der Waals surface area contributed by atoms with Crippen molar-refractivity contribution in [3.05, 3.63) is 23.7 Å². The minimum absolute atomic E-state index is 0.268. The van der Waals surface area contributed by atoms with E-state index >= 15 is 0 Å². The quantitative estimate of drug-likeness (QED) is 0.496. The molecule has 2 rings (SSSR count). The Hall–Kier alpha value is -1.33. The molecule has 0 aliphatic carbocycles. The lowest BCUT2D eigenvalue weighted by Gasteiger charge is -2.26. The monoisotopic (exact) mass is 265 g/mol. The second-order valence-electron chi connectivity index (χ2n) is 6.33. The topological polar surface area (TPSA) is 71.5 Å². The molecule has 1 saturated heterocycles. The van der Waals surface area contributed by atoms with Gasteiger partial charge < -0.3 is 4.42 Å². The summed E-state index contributed by atoms with van der Waals surface area (Å²) in [4.78, 5) is 13.7. The Morgan fingerprint density at radius 2 is 2.26 bits per heavy atom. The Labute approximate surface area is 114 Å². The molecule has 106 valence electrons. The second kappa shape index (κ2) is 5.35. The highest BCUT2D eigenvalue weighted by Crippen LogP contribution is 2.34. The number of furan rings is 1. The van der Waals surface area contributed by atoms with Gasteiger partial charge in [-0.15, -0.1) is 0 Å². The van der Waals surface area contributed by atoms with Gasteiger partial charge in [0.15, 0.2) is 5.76 Å². The molecule has 0 radical (unpaired) electrons. The van der Waals surface area contributed by atoms with Crippen LogP contribution in [-0.2, 0) is 6.54 Å². The average Bonchev–Trinajstić information content (AvgIpc) is 2.97. The number of hydrazine groups is 1. The molecule has 1 aromatic heterocycles. The number of carbonyl (C=O) groups excluding carboxylic acids is 1. The molecule has 19 heavy (non-hydrogen) atoms. The number of nitrogens with two attached hydrogens (primary N) is 1. The molecule has 1 amide bonds. The Kier molecular flexibility index (Phi) is 3.96. The summed E-state index contributed by atoms with van der Waals surface area (Å²) in [6.07, 6.45) is 1.22. The van der Waals surface area contributed by atoms with Crippen LogP contribution in [-0.4, -0.2) is 23.9 Å². The van der Waals surface area contributed by atoms with Gasteiger partial charge >= 0.3 is 5.91 Å². The smallest absolute Gasteiger partial charge is 0.300 e. The first-order valence-corrected chi connectivity index (χ1v) is 6.72. The van der Waals surface area contributed by atoms with Gasteiger partial charge in [0.25, 0.3) is 0 Å². The summed E-state index contributed by atoms with van der Waals surface area (Å²) in [5, 5.41) is 0. The maximum atomic E-state index is 11.3. The molecular formula is C14H23N3O2. The molecule has 1 aromatic rings. The van der Waals surface area contributed by atoms with Crippen LogP contribution in [0.5, 0.6) is 0 Å². The molecular weight excluding hydrogens is 242 g/mol. The van der Waals surface area contributed by atoms with E-state index in [1.54, 1.807) is 6.07 Å². The highest BCUT2D eigenvalue weighted by molar-refractivity contribution is 5.90. The van der Waals surface area contributed by atoms with E-state index in [-0.39, 0.29) is 11.7 Å². The summed E-state index contributed by atoms with van der Waals surface area (Å²) in [6, 6.07) is 3.50. The van der Waals surface area contributed by atoms with Crippen LogP contribution in [0.4, 0.5) is 0 Å². The first-order valence-electron chi connectivity index (χ1n) is 6.72. The van der Waals surface area contributed by atoms with Crippen molar-refractivity contribution >= 4 is 5.91 Å². The molecule has 1 fully saturated rings. The molecule has 0 aromatic carbocycles. The van der Waals surface area contributed by atoms with Crippen LogP contribution in [0, 0.1) is 11.3 Å². The Bertz CT molecular complexity index is 448. The predicted octanol–water partition coefficient (Wildman–Crippen LogP) is 1.75. The maximum absolute atomic E-state index is 11.3. The van der Waals surface area contributed by atoms with E-state index in [0.717, 1.165) is 25.4 Å². The number of nitrogen functional groups attached to an aromatic ring is 1. The number of likely N-dealkylation sites (tertiary alicyclic amines) is 1. The molecule has 1 atom stereocenters. The number of hydrogen-bond acceptors (Lipinski definition) is 4. The van der Waals surface area contributed by atoms with Gasteiger partial charge in [-0.3, -0.25) is 15.1 Å². The number of carbonyl (C=O) groups is 1. The zero-order chi connectivity index (χ0) is 14.0. The first-order chi connectivity index (χ1) is 8.90. The Morgan fingerprint density at radius 1 is 1.53 bits per heavy atom. The van der Waals surface area contributed by atoms with E-state index in [4.69, 9.17) is 10.3 Å². The van der Waals surface area contributed by atoms with Crippen LogP contribution >= 0.6 is 0 Å². The van der Waals surface area contributed by atoms with Crippen molar-refractivity contribution in [2.45, 2.75) is 33.7 Å². The van der Waals surface area contributed by atoms with Crippen LogP contribution in [0.25, 0.3) is 0 Å². The van der Waals surface area contributed by atoms with Crippen molar-refractivity contribution in [2.24, 2.45) is 17.2 Å². The van der Waals surface area contributed by atoms with Crippen molar-refractivity contribution in [1.82, 2.24) is 10.3 Å². The highest BCUT2D eigenvalue weighted by atomic mass is 16.4. The molecule has 2 heterocycles. The van der Waals surface area contributed by atoms with Crippen molar-refractivity contribution < 1.29 is 9.21 Å². The van der Waals surface area contributed by atoms with Gasteiger partial charge in [-0.2, -0.15) is 0 Å². The van der Waals surface area contributed by atoms with Crippen LogP contribution in [0.2, 0.25) is 0 Å². The number of amides is 1. The molecule has 0 bridgehead atoms. The first kappa shape index (κ1) is 14.1. The summed E-state index contributed by atoms with van der Waals surface area (Å²) < 4.78 is 5.49. The normalized spacial score (nSPS) is 20.7. The molecule has 0 spiro atoms. The molecule has 1 aliphatic rings. The van der Waals surface area contributed by atoms with Crippen LogP contribution in [0.3, 0.4) is 0 Å². The third-order valence-corrected chi connectivity index (χ3v) is 3.89. The van der Waals surface area contributed by atoms with E-state index in [0.29, 0.717) is 11.3 Å². The molecule has 5 heteroatoms. The summed E-state index contributed by atoms with van der Waals surface area (Å²) in [5.74, 6) is 6.48. The second-order valence-corrected chi connectivity index (χ2v) is 6.33. The Balaban J connectivity index is 1.92.